The molecule has 2 aromatic heterocycles. The zero-order valence-corrected chi connectivity index (χ0v) is 21.8. The van der Waals surface area contributed by atoms with Crippen LogP contribution in [0.25, 0.3) is 22.3 Å². The number of nitrogens with zero attached hydrogens (tertiary/aromatic N) is 2. The number of aryl methyl sites for hydroxylation is 2. The van der Waals surface area contributed by atoms with Crippen molar-refractivity contribution in [2.75, 3.05) is 0 Å². The molecule has 164 valence electrons. The summed E-state index contributed by atoms with van der Waals surface area (Å²) in [5.41, 5.74) is 3.55. The molecular formula is C23H21N2NaO6P+. The van der Waals surface area contributed by atoms with Crippen LogP contribution in [0.15, 0.2) is 29.1 Å². The van der Waals surface area contributed by atoms with Crippen molar-refractivity contribution in [2.45, 2.75) is 52.4 Å². The van der Waals surface area contributed by atoms with Crippen molar-refractivity contribution in [1.29, 1.82) is 0 Å². The number of cyclic esters (lactones) is 1. The minimum Gasteiger partial charge on any atom is -0.566 e. The number of hydrogen-bond donors (Lipinski definition) is 0. The predicted octanol–water partition coefficient (Wildman–Crippen LogP) is -0.00358. The third-order valence-electron chi connectivity index (χ3n) is 6.51. The van der Waals surface area contributed by atoms with Crippen LogP contribution in [0.2, 0.25) is 0 Å². The van der Waals surface area contributed by atoms with Gasteiger partial charge in [0.15, 0.2) is 0 Å². The summed E-state index contributed by atoms with van der Waals surface area (Å²) in [4.78, 5) is 42.5. The molecule has 0 fully saturated rings. The van der Waals surface area contributed by atoms with Gasteiger partial charge < -0.3 is 14.2 Å². The average molecular weight is 475 g/mol. The standard InChI is InChI=1S/C23H21N2O6P.Na/c1-4-13-14-8-12(3)6-7-18(14)24-20-15(13)10-25-19(20)9-17-16(21(25)26)11-30-22(27)23(17,5-2)31-32(28)29;/h6-9H,4-5,10-11H2,1-3H3;/q;+1/t23-;/m0./s1. The van der Waals surface area contributed by atoms with E-state index in [0.29, 0.717) is 17.9 Å². The summed E-state index contributed by atoms with van der Waals surface area (Å²) in [6, 6.07) is 7.73. The van der Waals surface area contributed by atoms with Gasteiger partial charge in [0.25, 0.3) is 5.56 Å². The van der Waals surface area contributed by atoms with E-state index in [1.165, 1.54) is 0 Å². The summed E-state index contributed by atoms with van der Waals surface area (Å²) in [7, 11) is -3.36. The number of ether oxygens (including phenoxy) is 1. The van der Waals surface area contributed by atoms with Crippen molar-refractivity contribution >= 4 is 25.1 Å². The van der Waals surface area contributed by atoms with Gasteiger partial charge in [0, 0.05) is 16.5 Å². The Hall–Kier alpha value is -1.93. The SMILES string of the molecule is CCc1c2c(nc3ccc(C)cc13)-c1cc3c(c(=O)n1C2)COC(=O)[C@@]3(CC)O[P+](=O)[O-].[Na+]. The maximum Gasteiger partial charge on any atom is 1.00 e. The maximum absolute atomic E-state index is 13.5. The Labute approximate surface area is 213 Å². The van der Waals surface area contributed by atoms with Crippen LogP contribution in [0, 0.1) is 6.92 Å². The first-order chi connectivity index (χ1) is 15.3. The Morgan fingerprint density at radius 1 is 1.24 bits per heavy atom. The summed E-state index contributed by atoms with van der Waals surface area (Å²) < 4.78 is 23.4. The van der Waals surface area contributed by atoms with E-state index >= 15 is 0 Å². The van der Waals surface area contributed by atoms with Gasteiger partial charge in [-0.15, -0.1) is 4.52 Å². The first-order valence-electron chi connectivity index (χ1n) is 10.5. The van der Waals surface area contributed by atoms with Crippen molar-refractivity contribution in [3.05, 3.63) is 62.4 Å². The normalized spacial score (nSPS) is 18.8. The number of carbonyl (C=O) groups is 1. The fraction of sp³-hybridized carbons (Fsp3) is 0.348. The number of benzene rings is 1. The number of esters is 1. The third kappa shape index (κ3) is 3.52. The van der Waals surface area contributed by atoms with E-state index in [4.69, 9.17) is 14.2 Å². The Morgan fingerprint density at radius 2 is 2.00 bits per heavy atom. The summed E-state index contributed by atoms with van der Waals surface area (Å²) in [6.07, 6.45) is 0.774. The van der Waals surface area contributed by atoms with E-state index in [1.807, 2.05) is 19.1 Å². The largest absolute Gasteiger partial charge is 1.00 e. The van der Waals surface area contributed by atoms with Crippen LogP contribution < -0.4 is 40.0 Å². The van der Waals surface area contributed by atoms with Gasteiger partial charge >= 0.3 is 43.8 Å². The molecule has 2 aliphatic heterocycles. The summed E-state index contributed by atoms with van der Waals surface area (Å²) >= 11 is 0. The van der Waals surface area contributed by atoms with Gasteiger partial charge in [0.1, 0.15) is 6.61 Å². The van der Waals surface area contributed by atoms with Crippen LogP contribution in [0.1, 0.15) is 48.1 Å². The molecule has 0 aliphatic carbocycles. The van der Waals surface area contributed by atoms with Crippen molar-refractivity contribution in [3.8, 4) is 11.4 Å². The second-order valence-corrected chi connectivity index (χ2v) is 8.81. The Morgan fingerprint density at radius 3 is 2.67 bits per heavy atom. The molecule has 0 spiro atoms. The molecule has 0 N–H and O–H groups in total. The summed E-state index contributed by atoms with van der Waals surface area (Å²) in [5, 5.41) is 1.06. The molecule has 0 saturated carbocycles. The minimum atomic E-state index is -3.36. The zero-order valence-electron chi connectivity index (χ0n) is 18.9. The molecule has 0 saturated heterocycles. The van der Waals surface area contributed by atoms with Crippen LogP contribution >= 0.6 is 8.25 Å². The summed E-state index contributed by atoms with van der Waals surface area (Å²) in [5.74, 6) is -0.814. The van der Waals surface area contributed by atoms with E-state index in [9.17, 15) is 19.0 Å². The number of aromatic nitrogens is 2. The molecule has 10 heteroatoms. The quantitative estimate of drug-likeness (QED) is 0.232. The van der Waals surface area contributed by atoms with Gasteiger partial charge in [-0.1, -0.05) is 25.5 Å². The number of rotatable bonds is 4. The molecule has 0 radical (unpaired) electrons. The molecule has 3 aromatic rings. The molecule has 0 amide bonds. The molecule has 33 heavy (non-hydrogen) atoms. The van der Waals surface area contributed by atoms with Crippen LogP contribution in [0.3, 0.4) is 0 Å². The molecule has 0 bridgehead atoms. The van der Waals surface area contributed by atoms with E-state index in [-0.39, 0.29) is 59.3 Å². The minimum absolute atomic E-state index is 0. The van der Waals surface area contributed by atoms with Gasteiger partial charge in [0.2, 0.25) is 5.60 Å². The van der Waals surface area contributed by atoms with Crippen molar-refractivity contribution in [2.24, 2.45) is 0 Å². The number of carbonyl (C=O) groups excluding carboxylic acids is 1. The van der Waals surface area contributed by atoms with E-state index in [0.717, 1.165) is 34.0 Å². The first-order valence-corrected chi connectivity index (χ1v) is 11.6. The Balaban J connectivity index is 0.00000259. The molecule has 4 heterocycles. The number of fused-ring (bicyclic) bond motifs is 5. The second-order valence-electron chi connectivity index (χ2n) is 8.18. The molecular weight excluding hydrogens is 454 g/mol. The molecule has 1 unspecified atom stereocenters. The molecule has 2 atom stereocenters. The molecule has 2 aliphatic rings. The van der Waals surface area contributed by atoms with Gasteiger partial charge in [-0.05, 0) is 48.1 Å². The van der Waals surface area contributed by atoms with E-state index in [1.54, 1.807) is 17.6 Å². The van der Waals surface area contributed by atoms with Gasteiger partial charge in [-0.25, -0.2) is 9.78 Å². The van der Waals surface area contributed by atoms with Crippen molar-refractivity contribution in [3.63, 3.8) is 0 Å². The molecule has 1 aromatic carbocycles. The predicted molar refractivity (Wildman–Crippen MR) is 115 cm³/mol. The van der Waals surface area contributed by atoms with Crippen LogP contribution in [0.4, 0.5) is 0 Å². The van der Waals surface area contributed by atoms with Crippen LogP contribution in [0.5, 0.6) is 0 Å². The number of pyridine rings is 2. The van der Waals surface area contributed by atoms with Gasteiger partial charge in [-0.3, -0.25) is 4.79 Å². The molecule has 5 rings (SSSR count). The number of hydrogen-bond acceptors (Lipinski definition) is 7. The topological polar surface area (TPSA) is 111 Å². The maximum atomic E-state index is 13.5. The van der Waals surface area contributed by atoms with E-state index < -0.39 is 19.8 Å². The molecule has 8 nitrogen and oxygen atoms in total. The monoisotopic (exact) mass is 475 g/mol. The smallest absolute Gasteiger partial charge is 0.566 e. The fourth-order valence-electron chi connectivity index (χ4n) is 4.95. The van der Waals surface area contributed by atoms with Crippen molar-refractivity contribution < 1.29 is 53.1 Å². The Kier molecular flexibility index (Phi) is 6.37. The second kappa shape index (κ2) is 8.69. The van der Waals surface area contributed by atoms with Gasteiger partial charge in [-0.2, -0.15) is 0 Å². The van der Waals surface area contributed by atoms with Crippen LogP contribution in [-0.4, -0.2) is 15.5 Å². The Bertz CT molecular complexity index is 1400. The van der Waals surface area contributed by atoms with E-state index in [2.05, 4.69) is 13.0 Å². The average Bonchev–Trinajstić information content (AvgIpc) is 3.12. The van der Waals surface area contributed by atoms with Crippen LogP contribution in [-0.2, 0) is 43.8 Å². The summed E-state index contributed by atoms with van der Waals surface area (Å²) in [6.45, 7) is 5.86. The third-order valence-corrected chi connectivity index (χ3v) is 6.97. The van der Waals surface area contributed by atoms with Gasteiger partial charge in [0.05, 0.1) is 29.0 Å². The van der Waals surface area contributed by atoms with Crippen molar-refractivity contribution in [1.82, 2.24) is 9.55 Å². The zero-order chi connectivity index (χ0) is 22.8. The first kappa shape index (κ1) is 24.2. The fourth-order valence-corrected chi connectivity index (χ4v) is 5.50.